The summed E-state index contributed by atoms with van der Waals surface area (Å²) in [5, 5.41) is 11.8. The summed E-state index contributed by atoms with van der Waals surface area (Å²) >= 11 is 1.53. The minimum Gasteiger partial charge on any atom is -0.507 e. The van der Waals surface area contributed by atoms with Gasteiger partial charge in [0.15, 0.2) is 17.3 Å². The second kappa shape index (κ2) is 6.25. The second-order valence-corrected chi connectivity index (χ2v) is 4.92. The Morgan fingerprint density at radius 3 is 2.55 bits per heavy atom. The molecule has 0 saturated carbocycles. The maximum Gasteiger partial charge on any atom is 0.189 e. The van der Waals surface area contributed by atoms with Crippen LogP contribution in [0.15, 0.2) is 35.7 Å². The van der Waals surface area contributed by atoms with Crippen LogP contribution in [0.25, 0.3) is 6.08 Å². The Balaban J connectivity index is 2.30. The molecule has 1 N–H and O–H groups in total. The summed E-state index contributed by atoms with van der Waals surface area (Å²) in [5.41, 5.74) is 0.176. The third kappa shape index (κ3) is 3.00. The zero-order chi connectivity index (χ0) is 14.5. The summed E-state index contributed by atoms with van der Waals surface area (Å²) < 4.78 is 10.2. The Morgan fingerprint density at radius 1 is 1.25 bits per heavy atom. The highest BCUT2D eigenvalue weighted by Crippen LogP contribution is 2.34. The number of methoxy groups -OCH3 is 2. The molecule has 0 aliphatic heterocycles. The highest BCUT2D eigenvalue weighted by Gasteiger charge is 2.14. The van der Waals surface area contributed by atoms with Crippen LogP contribution in [0.2, 0.25) is 0 Å². The topological polar surface area (TPSA) is 55.8 Å². The van der Waals surface area contributed by atoms with Crippen molar-refractivity contribution in [1.29, 1.82) is 0 Å². The molecule has 104 valence electrons. The molecule has 0 saturated heterocycles. The lowest BCUT2D eigenvalue weighted by molar-refractivity contribution is 0.104. The molecule has 0 amide bonds. The number of allylic oxidation sites excluding steroid dienone is 1. The predicted octanol–water partition coefficient (Wildman–Crippen LogP) is 3.37. The van der Waals surface area contributed by atoms with Crippen LogP contribution in [0, 0.1) is 0 Å². The molecule has 0 aliphatic rings. The van der Waals surface area contributed by atoms with Crippen LogP contribution in [-0.4, -0.2) is 25.1 Å². The summed E-state index contributed by atoms with van der Waals surface area (Å²) in [5.74, 6) is 0.349. The van der Waals surface area contributed by atoms with Crippen molar-refractivity contribution in [1.82, 2.24) is 0 Å². The molecule has 4 nitrogen and oxygen atoms in total. The quantitative estimate of drug-likeness (QED) is 0.677. The highest BCUT2D eigenvalue weighted by atomic mass is 32.1. The molecule has 2 aromatic rings. The van der Waals surface area contributed by atoms with Gasteiger partial charge in [-0.05, 0) is 29.7 Å². The largest absolute Gasteiger partial charge is 0.507 e. The summed E-state index contributed by atoms with van der Waals surface area (Å²) in [6.45, 7) is 0. The summed E-state index contributed by atoms with van der Waals surface area (Å²) in [7, 11) is 2.94. The third-order valence-electron chi connectivity index (χ3n) is 2.71. The molecule has 0 radical (unpaired) electrons. The van der Waals surface area contributed by atoms with Crippen molar-refractivity contribution in [3.8, 4) is 17.2 Å². The normalized spacial score (nSPS) is 10.7. The smallest absolute Gasteiger partial charge is 0.189 e. The zero-order valence-corrected chi connectivity index (χ0v) is 11.9. The molecule has 1 aromatic carbocycles. The molecule has 5 heteroatoms. The number of ketones is 1. The average molecular weight is 290 g/mol. The molecule has 0 unspecified atom stereocenters. The van der Waals surface area contributed by atoms with E-state index in [4.69, 9.17) is 9.47 Å². The highest BCUT2D eigenvalue weighted by molar-refractivity contribution is 7.10. The van der Waals surface area contributed by atoms with Gasteiger partial charge in [0.2, 0.25) is 0 Å². The van der Waals surface area contributed by atoms with Crippen LogP contribution in [-0.2, 0) is 0 Å². The van der Waals surface area contributed by atoms with Crippen molar-refractivity contribution < 1.29 is 19.4 Å². The van der Waals surface area contributed by atoms with Crippen molar-refractivity contribution in [3.63, 3.8) is 0 Å². The van der Waals surface area contributed by atoms with E-state index in [0.29, 0.717) is 11.5 Å². The van der Waals surface area contributed by atoms with Gasteiger partial charge in [-0.1, -0.05) is 6.07 Å². The van der Waals surface area contributed by atoms with Gasteiger partial charge in [0.05, 0.1) is 19.8 Å². The number of aromatic hydroxyl groups is 1. The fourth-order valence-electron chi connectivity index (χ4n) is 1.70. The van der Waals surface area contributed by atoms with E-state index in [1.807, 2.05) is 17.5 Å². The Labute approximate surface area is 120 Å². The first-order valence-electron chi connectivity index (χ1n) is 5.86. The third-order valence-corrected chi connectivity index (χ3v) is 3.55. The number of phenolic OH excluding ortho intramolecular Hbond substituents is 1. The number of phenols is 1. The number of ether oxygens (including phenoxy) is 2. The van der Waals surface area contributed by atoms with Crippen LogP contribution in [0.5, 0.6) is 17.2 Å². The average Bonchev–Trinajstić information content (AvgIpc) is 2.97. The van der Waals surface area contributed by atoms with Crippen molar-refractivity contribution in [3.05, 3.63) is 46.2 Å². The molecule has 0 fully saturated rings. The molecular formula is C15H14O4S. The van der Waals surface area contributed by atoms with Crippen molar-refractivity contribution in [2.24, 2.45) is 0 Å². The van der Waals surface area contributed by atoms with Crippen LogP contribution in [0.1, 0.15) is 15.2 Å². The lowest BCUT2D eigenvalue weighted by Gasteiger charge is -2.10. The van der Waals surface area contributed by atoms with E-state index in [0.717, 1.165) is 4.88 Å². The summed E-state index contributed by atoms with van der Waals surface area (Å²) in [6.07, 6.45) is 3.13. The van der Waals surface area contributed by atoms with Crippen LogP contribution in [0.3, 0.4) is 0 Å². The van der Waals surface area contributed by atoms with Crippen molar-refractivity contribution in [2.45, 2.75) is 0 Å². The van der Waals surface area contributed by atoms with E-state index in [9.17, 15) is 9.90 Å². The van der Waals surface area contributed by atoms with E-state index < -0.39 is 0 Å². The van der Waals surface area contributed by atoms with E-state index in [1.165, 1.54) is 43.8 Å². The van der Waals surface area contributed by atoms with E-state index in [2.05, 4.69) is 0 Å². The number of benzene rings is 1. The Morgan fingerprint density at radius 2 is 1.95 bits per heavy atom. The number of carbonyl (C=O) groups is 1. The standard InChI is InChI=1S/C15H14O4S/c1-18-14-8-11(13(17)9-15(14)19-2)12(16)6-5-10-4-3-7-20-10/h3-9,17H,1-2H3/b6-5+. The molecule has 0 bridgehead atoms. The van der Waals surface area contributed by atoms with E-state index in [1.54, 1.807) is 6.08 Å². The molecule has 20 heavy (non-hydrogen) atoms. The van der Waals surface area contributed by atoms with Gasteiger partial charge in [-0.2, -0.15) is 0 Å². The number of hydrogen-bond donors (Lipinski definition) is 1. The molecule has 2 rings (SSSR count). The lowest BCUT2D eigenvalue weighted by Crippen LogP contribution is -1.98. The number of hydrogen-bond acceptors (Lipinski definition) is 5. The zero-order valence-electron chi connectivity index (χ0n) is 11.1. The first kappa shape index (κ1) is 14.1. The first-order chi connectivity index (χ1) is 9.65. The minimum absolute atomic E-state index is 0.136. The van der Waals surface area contributed by atoms with E-state index in [-0.39, 0.29) is 17.1 Å². The van der Waals surface area contributed by atoms with E-state index >= 15 is 0 Å². The molecule has 1 heterocycles. The van der Waals surface area contributed by atoms with Gasteiger partial charge in [0.1, 0.15) is 5.75 Å². The number of thiophene rings is 1. The fraction of sp³-hybridized carbons (Fsp3) is 0.133. The van der Waals surface area contributed by atoms with Gasteiger partial charge in [-0.15, -0.1) is 11.3 Å². The predicted molar refractivity (Wildman–Crippen MR) is 78.9 cm³/mol. The van der Waals surface area contributed by atoms with Gasteiger partial charge in [-0.3, -0.25) is 4.79 Å². The Kier molecular flexibility index (Phi) is 4.42. The SMILES string of the molecule is COc1cc(O)c(C(=O)/C=C/c2cccs2)cc1OC. The minimum atomic E-state index is -0.295. The second-order valence-electron chi connectivity index (χ2n) is 3.94. The molecular weight excluding hydrogens is 276 g/mol. The molecule has 0 aliphatic carbocycles. The maximum absolute atomic E-state index is 12.1. The van der Waals surface area contributed by atoms with Crippen LogP contribution < -0.4 is 9.47 Å². The van der Waals surface area contributed by atoms with Crippen LogP contribution >= 0.6 is 11.3 Å². The number of carbonyl (C=O) groups excluding carboxylic acids is 1. The van der Waals surface area contributed by atoms with Gasteiger partial charge in [0.25, 0.3) is 0 Å². The molecule has 0 atom stereocenters. The summed E-state index contributed by atoms with van der Waals surface area (Å²) in [4.78, 5) is 13.1. The van der Waals surface area contributed by atoms with Crippen LogP contribution in [0.4, 0.5) is 0 Å². The lowest BCUT2D eigenvalue weighted by atomic mass is 10.1. The Hall–Kier alpha value is -2.27. The van der Waals surface area contributed by atoms with Crippen molar-refractivity contribution in [2.75, 3.05) is 14.2 Å². The monoisotopic (exact) mass is 290 g/mol. The fourth-order valence-corrected chi connectivity index (χ4v) is 2.32. The van der Waals surface area contributed by atoms with Gasteiger partial charge in [-0.25, -0.2) is 0 Å². The number of rotatable bonds is 5. The maximum atomic E-state index is 12.1. The van der Waals surface area contributed by atoms with Crippen molar-refractivity contribution >= 4 is 23.2 Å². The summed E-state index contributed by atoms with van der Waals surface area (Å²) in [6, 6.07) is 6.64. The van der Waals surface area contributed by atoms with Gasteiger partial charge >= 0.3 is 0 Å². The van der Waals surface area contributed by atoms with Gasteiger partial charge in [0, 0.05) is 10.9 Å². The first-order valence-corrected chi connectivity index (χ1v) is 6.74. The Bertz CT molecular complexity index is 630. The molecule has 0 spiro atoms. The molecule has 1 aromatic heterocycles. The van der Waals surface area contributed by atoms with Gasteiger partial charge < -0.3 is 14.6 Å².